The second-order valence-electron chi connectivity index (χ2n) is 3.00. The lowest BCUT2D eigenvalue weighted by atomic mass is 10.2. The second-order valence-corrected chi connectivity index (χ2v) is 4.15. The Kier molecular flexibility index (Phi) is 2.57. The first kappa shape index (κ1) is 8.67. The fourth-order valence-electron chi connectivity index (χ4n) is 1.40. The molecule has 0 bridgehead atoms. The van der Waals surface area contributed by atoms with Gasteiger partial charge in [0.05, 0.1) is 12.5 Å². The average molecular weight is 194 g/mol. The van der Waals surface area contributed by atoms with Crippen LogP contribution in [0.25, 0.3) is 0 Å². The van der Waals surface area contributed by atoms with Crippen LogP contribution in [0.3, 0.4) is 0 Å². The molecule has 1 unspecified atom stereocenters. The molecule has 0 spiro atoms. The van der Waals surface area contributed by atoms with Crippen molar-refractivity contribution in [3.63, 3.8) is 0 Å². The maximum Gasteiger partial charge on any atom is 0.122 e. The molecule has 1 fully saturated rings. The van der Waals surface area contributed by atoms with Gasteiger partial charge in [-0.05, 0) is 12.8 Å². The van der Waals surface area contributed by atoms with Crippen molar-refractivity contribution in [1.82, 2.24) is 4.98 Å². The van der Waals surface area contributed by atoms with Gasteiger partial charge < -0.3 is 4.74 Å². The molecule has 68 valence electrons. The zero-order valence-corrected chi connectivity index (χ0v) is 8.01. The molecule has 1 aromatic heterocycles. The summed E-state index contributed by atoms with van der Waals surface area (Å²) in [5, 5.41) is 9.52. The summed E-state index contributed by atoms with van der Waals surface area (Å²) >= 11 is 1.60. The zero-order valence-electron chi connectivity index (χ0n) is 7.19. The standard InChI is InChI=1S/C9H10N2OS/c10-4-3-7-6-11-9(13-7)8-2-1-5-12-8/h6,8H,1-3,5H2. The van der Waals surface area contributed by atoms with Crippen LogP contribution in [-0.4, -0.2) is 11.6 Å². The van der Waals surface area contributed by atoms with Crippen LogP contribution in [0.15, 0.2) is 6.20 Å². The van der Waals surface area contributed by atoms with Crippen LogP contribution in [-0.2, 0) is 11.2 Å². The van der Waals surface area contributed by atoms with E-state index in [4.69, 9.17) is 10.00 Å². The van der Waals surface area contributed by atoms with Gasteiger partial charge in [0.1, 0.15) is 11.1 Å². The zero-order chi connectivity index (χ0) is 9.10. The van der Waals surface area contributed by atoms with Gasteiger partial charge in [0.15, 0.2) is 0 Å². The first-order valence-electron chi connectivity index (χ1n) is 4.33. The Balaban J connectivity index is 2.08. The van der Waals surface area contributed by atoms with E-state index in [2.05, 4.69) is 11.1 Å². The van der Waals surface area contributed by atoms with Gasteiger partial charge in [0, 0.05) is 17.7 Å². The van der Waals surface area contributed by atoms with Crippen LogP contribution in [0.2, 0.25) is 0 Å². The Bertz CT molecular complexity index is 323. The topological polar surface area (TPSA) is 45.9 Å². The highest BCUT2D eigenvalue weighted by molar-refractivity contribution is 7.11. The van der Waals surface area contributed by atoms with Crippen molar-refractivity contribution in [3.05, 3.63) is 16.1 Å². The second kappa shape index (κ2) is 3.86. The third-order valence-corrected chi connectivity index (χ3v) is 3.12. The quantitative estimate of drug-likeness (QED) is 0.724. The summed E-state index contributed by atoms with van der Waals surface area (Å²) in [6, 6.07) is 2.12. The lowest BCUT2D eigenvalue weighted by molar-refractivity contribution is 0.111. The van der Waals surface area contributed by atoms with E-state index >= 15 is 0 Å². The number of aromatic nitrogens is 1. The van der Waals surface area contributed by atoms with E-state index in [0.29, 0.717) is 6.42 Å². The van der Waals surface area contributed by atoms with Crippen molar-refractivity contribution in [2.45, 2.75) is 25.4 Å². The van der Waals surface area contributed by atoms with Gasteiger partial charge in [-0.25, -0.2) is 4.98 Å². The van der Waals surface area contributed by atoms with E-state index in [1.807, 2.05) is 0 Å². The first-order valence-corrected chi connectivity index (χ1v) is 5.15. The Morgan fingerprint density at radius 2 is 2.69 bits per heavy atom. The molecule has 1 aromatic rings. The van der Waals surface area contributed by atoms with Crippen molar-refractivity contribution < 1.29 is 4.74 Å². The molecule has 0 N–H and O–H groups in total. The lowest BCUT2D eigenvalue weighted by Gasteiger charge is -2.02. The Labute approximate surface area is 81.0 Å². The van der Waals surface area contributed by atoms with Gasteiger partial charge in [-0.3, -0.25) is 0 Å². The number of thiazole rings is 1. The van der Waals surface area contributed by atoms with E-state index in [1.165, 1.54) is 0 Å². The van der Waals surface area contributed by atoms with Crippen LogP contribution in [0.5, 0.6) is 0 Å². The summed E-state index contributed by atoms with van der Waals surface area (Å²) in [7, 11) is 0. The van der Waals surface area contributed by atoms with E-state index < -0.39 is 0 Å². The van der Waals surface area contributed by atoms with E-state index in [0.717, 1.165) is 29.3 Å². The van der Waals surface area contributed by atoms with Crippen LogP contribution in [0.1, 0.15) is 28.8 Å². The maximum atomic E-state index is 8.49. The molecule has 1 aliphatic heterocycles. The molecule has 0 aliphatic carbocycles. The van der Waals surface area contributed by atoms with Gasteiger partial charge in [-0.2, -0.15) is 5.26 Å². The monoisotopic (exact) mass is 194 g/mol. The van der Waals surface area contributed by atoms with Crippen molar-refractivity contribution >= 4 is 11.3 Å². The summed E-state index contributed by atoms with van der Waals surface area (Å²) in [6.07, 6.45) is 4.63. The summed E-state index contributed by atoms with van der Waals surface area (Å²) in [4.78, 5) is 5.29. The molecule has 2 heterocycles. The molecule has 1 atom stereocenters. The third-order valence-electron chi connectivity index (χ3n) is 2.03. The van der Waals surface area contributed by atoms with Crippen molar-refractivity contribution in [2.75, 3.05) is 6.61 Å². The molecule has 4 heteroatoms. The molecule has 0 aromatic carbocycles. The molecule has 2 rings (SSSR count). The van der Waals surface area contributed by atoms with E-state index in [1.54, 1.807) is 17.5 Å². The van der Waals surface area contributed by atoms with Crippen LogP contribution >= 0.6 is 11.3 Å². The smallest absolute Gasteiger partial charge is 0.122 e. The summed E-state index contributed by atoms with van der Waals surface area (Å²) in [5.74, 6) is 0. The molecule has 0 amide bonds. The molecule has 0 radical (unpaired) electrons. The third kappa shape index (κ3) is 1.87. The predicted octanol–water partition coefficient (Wildman–Crippen LogP) is 2.06. The first-order chi connectivity index (χ1) is 6.40. The molecule has 1 saturated heterocycles. The number of nitrogens with zero attached hydrogens (tertiary/aromatic N) is 2. The van der Waals surface area contributed by atoms with Gasteiger partial charge in [-0.15, -0.1) is 11.3 Å². The average Bonchev–Trinajstić information content (AvgIpc) is 2.70. The molecule has 0 saturated carbocycles. The van der Waals surface area contributed by atoms with Crippen molar-refractivity contribution in [1.29, 1.82) is 5.26 Å². The summed E-state index contributed by atoms with van der Waals surface area (Å²) in [6.45, 7) is 0.845. The summed E-state index contributed by atoms with van der Waals surface area (Å²) in [5.41, 5.74) is 0. The van der Waals surface area contributed by atoms with Gasteiger partial charge >= 0.3 is 0 Å². The van der Waals surface area contributed by atoms with Crippen molar-refractivity contribution in [3.8, 4) is 6.07 Å². The minimum atomic E-state index is 0.192. The van der Waals surface area contributed by atoms with Gasteiger partial charge in [0.25, 0.3) is 0 Å². The van der Waals surface area contributed by atoms with Crippen LogP contribution in [0.4, 0.5) is 0 Å². The van der Waals surface area contributed by atoms with Gasteiger partial charge in [0.2, 0.25) is 0 Å². The highest BCUT2D eigenvalue weighted by atomic mass is 32.1. The van der Waals surface area contributed by atoms with Gasteiger partial charge in [-0.1, -0.05) is 0 Å². The normalized spacial score (nSPS) is 21.6. The van der Waals surface area contributed by atoms with Crippen LogP contribution in [0, 0.1) is 11.3 Å². The Morgan fingerprint density at radius 3 is 3.38 bits per heavy atom. The molecule has 1 aliphatic rings. The minimum Gasteiger partial charge on any atom is -0.371 e. The number of ether oxygens (including phenoxy) is 1. The number of hydrogen-bond acceptors (Lipinski definition) is 4. The minimum absolute atomic E-state index is 0.192. The molecule has 13 heavy (non-hydrogen) atoms. The maximum absolute atomic E-state index is 8.49. The number of hydrogen-bond donors (Lipinski definition) is 0. The van der Waals surface area contributed by atoms with E-state index in [-0.39, 0.29) is 6.10 Å². The van der Waals surface area contributed by atoms with Crippen LogP contribution < -0.4 is 0 Å². The predicted molar refractivity (Wildman–Crippen MR) is 49.4 cm³/mol. The fourth-order valence-corrected chi connectivity index (χ4v) is 2.34. The molecule has 3 nitrogen and oxygen atoms in total. The fraction of sp³-hybridized carbons (Fsp3) is 0.556. The lowest BCUT2D eigenvalue weighted by Crippen LogP contribution is -1.93. The summed E-state index contributed by atoms with van der Waals surface area (Å²) < 4.78 is 5.50. The number of rotatable bonds is 2. The molecular formula is C9H10N2OS. The Morgan fingerprint density at radius 1 is 1.77 bits per heavy atom. The SMILES string of the molecule is N#CCc1cnc(C2CCCO2)s1. The number of nitriles is 1. The largest absolute Gasteiger partial charge is 0.371 e. The Hall–Kier alpha value is -0.920. The van der Waals surface area contributed by atoms with E-state index in [9.17, 15) is 0 Å². The highest BCUT2D eigenvalue weighted by Gasteiger charge is 2.20. The van der Waals surface area contributed by atoms with Crippen molar-refractivity contribution in [2.24, 2.45) is 0 Å². The highest BCUT2D eigenvalue weighted by Crippen LogP contribution is 2.31. The molecular weight excluding hydrogens is 184 g/mol.